The van der Waals surface area contributed by atoms with Crippen molar-refractivity contribution in [1.29, 1.82) is 0 Å². The maximum atomic E-state index is 13.9. The monoisotopic (exact) mass is 513 g/mol. The van der Waals surface area contributed by atoms with Crippen molar-refractivity contribution in [3.63, 3.8) is 0 Å². The van der Waals surface area contributed by atoms with Crippen LogP contribution in [0, 0.1) is 5.41 Å². The van der Waals surface area contributed by atoms with Crippen molar-refractivity contribution in [3.05, 3.63) is 47.5 Å². The van der Waals surface area contributed by atoms with Crippen molar-refractivity contribution >= 4 is 40.2 Å². The highest BCUT2D eigenvalue weighted by atomic mass is 32.2. The first-order valence-electron chi connectivity index (χ1n) is 12.3. The van der Waals surface area contributed by atoms with E-state index in [4.69, 9.17) is 0 Å². The third kappa shape index (κ3) is 4.72. The molecule has 1 heterocycles. The van der Waals surface area contributed by atoms with Crippen LogP contribution in [0.15, 0.2) is 41.3 Å². The second-order valence-corrected chi connectivity index (χ2v) is 13.3. The van der Waals surface area contributed by atoms with Gasteiger partial charge in [0.05, 0.1) is 4.90 Å². The summed E-state index contributed by atoms with van der Waals surface area (Å²) in [4.78, 5) is 16.0. The molecule has 0 bridgehead atoms. The van der Waals surface area contributed by atoms with Gasteiger partial charge in [-0.3, -0.25) is 4.79 Å². The third-order valence-electron chi connectivity index (χ3n) is 7.81. The Labute approximate surface area is 215 Å². The Morgan fingerprint density at radius 3 is 2.37 bits per heavy atom. The molecule has 8 heteroatoms. The number of anilines is 2. The molecule has 3 aliphatic rings. The van der Waals surface area contributed by atoms with Gasteiger partial charge in [0.25, 0.3) is 5.91 Å². The number of aromatic hydroxyl groups is 1. The number of amides is 1. The molecule has 5 rings (SSSR count). The molecular weight excluding hydrogens is 478 g/mol. The molecule has 1 atom stereocenters. The van der Waals surface area contributed by atoms with Crippen LogP contribution < -0.4 is 14.3 Å². The molecule has 0 saturated heterocycles. The average molecular weight is 514 g/mol. The number of phenols is 1. The number of nitrogens with zero attached hydrogens (tertiary/aromatic N) is 1. The molecule has 35 heavy (non-hydrogen) atoms. The Bertz CT molecular complexity index is 1180. The number of carbonyl (C=O) groups excluding carboxylic acids is 1. The molecule has 6 nitrogen and oxygen atoms in total. The standard InChI is InChI=1S/C27H35N3O3S2/c1-25(2,3)29-35(33)23-15-18(5-8-22(23)31)24(32)30-17-27(13-11-26(9-10-26)12-14-27)20-16-19(28-34-4)6-7-21(20)30/h5-8,15-16,28-29,31H,9-14,17H2,1-4H3. The summed E-state index contributed by atoms with van der Waals surface area (Å²) in [5.74, 6) is -0.195. The van der Waals surface area contributed by atoms with Gasteiger partial charge in [-0.1, -0.05) is 11.9 Å². The van der Waals surface area contributed by atoms with Crippen LogP contribution in [-0.4, -0.2) is 33.6 Å². The number of hydrogen-bond acceptors (Lipinski definition) is 5. The topological polar surface area (TPSA) is 81.7 Å². The van der Waals surface area contributed by atoms with Gasteiger partial charge in [0.15, 0.2) is 0 Å². The normalized spacial score (nSPS) is 20.6. The van der Waals surface area contributed by atoms with Crippen molar-refractivity contribution in [2.45, 2.75) is 75.1 Å². The number of rotatable bonds is 5. The van der Waals surface area contributed by atoms with E-state index in [-0.39, 0.29) is 22.0 Å². The Balaban J connectivity index is 1.48. The van der Waals surface area contributed by atoms with Gasteiger partial charge in [-0.05, 0) is 107 Å². The minimum absolute atomic E-state index is 0.0225. The molecule has 2 aromatic carbocycles. The number of phenolic OH excluding ortho intramolecular Hbond substituents is 1. The predicted molar refractivity (Wildman–Crippen MR) is 144 cm³/mol. The minimum atomic E-state index is -1.64. The highest BCUT2D eigenvalue weighted by molar-refractivity contribution is 7.99. The molecule has 2 aromatic rings. The third-order valence-corrected chi connectivity index (χ3v) is 9.78. The number of fused-ring (bicyclic) bond motifs is 2. The van der Waals surface area contributed by atoms with Gasteiger partial charge in [0.2, 0.25) is 0 Å². The molecule has 188 valence electrons. The fourth-order valence-electron chi connectivity index (χ4n) is 5.68. The number of hydrogen-bond donors (Lipinski definition) is 3. The van der Waals surface area contributed by atoms with E-state index in [1.54, 1.807) is 24.1 Å². The highest BCUT2D eigenvalue weighted by Crippen LogP contribution is 2.62. The van der Waals surface area contributed by atoms with E-state index in [0.29, 0.717) is 17.5 Å². The lowest BCUT2D eigenvalue weighted by atomic mass is 9.66. The van der Waals surface area contributed by atoms with Crippen molar-refractivity contribution in [3.8, 4) is 5.75 Å². The first-order valence-corrected chi connectivity index (χ1v) is 14.7. The molecule has 1 aliphatic heterocycles. The Hall–Kier alpha value is -2.03. The van der Waals surface area contributed by atoms with E-state index in [1.807, 2.05) is 38.0 Å². The number of benzene rings is 2. The summed E-state index contributed by atoms with van der Waals surface area (Å²) in [5.41, 5.74) is 3.87. The van der Waals surface area contributed by atoms with Crippen LogP contribution in [0.4, 0.5) is 11.4 Å². The van der Waals surface area contributed by atoms with Gasteiger partial charge >= 0.3 is 0 Å². The van der Waals surface area contributed by atoms with Crippen LogP contribution in [0.2, 0.25) is 0 Å². The fraction of sp³-hybridized carbons (Fsp3) is 0.519. The molecule has 1 unspecified atom stereocenters. The molecule has 0 radical (unpaired) electrons. The van der Waals surface area contributed by atoms with Crippen LogP contribution in [0.5, 0.6) is 5.75 Å². The zero-order valence-electron chi connectivity index (χ0n) is 20.9. The summed E-state index contributed by atoms with van der Waals surface area (Å²) in [5, 5.41) is 10.4. The molecule has 2 fully saturated rings. The average Bonchev–Trinajstić information content (AvgIpc) is 3.50. The second-order valence-electron chi connectivity index (χ2n) is 11.5. The second kappa shape index (κ2) is 8.82. The van der Waals surface area contributed by atoms with Crippen LogP contribution in [-0.2, 0) is 16.4 Å². The van der Waals surface area contributed by atoms with E-state index in [9.17, 15) is 14.1 Å². The largest absolute Gasteiger partial charge is 0.507 e. The van der Waals surface area contributed by atoms with Crippen molar-refractivity contribution < 1.29 is 14.1 Å². The summed E-state index contributed by atoms with van der Waals surface area (Å²) < 4.78 is 19.2. The molecule has 3 N–H and O–H groups in total. The Morgan fingerprint density at radius 2 is 1.74 bits per heavy atom. The van der Waals surface area contributed by atoms with Crippen LogP contribution in [0.25, 0.3) is 0 Å². The quantitative estimate of drug-likeness (QED) is 0.444. The smallest absolute Gasteiger partial charge is 0.258 e. The van der Waals surface area contributed by atoms with E-state index in [0.717, 1.165) is 24.2 Å². The van der Waals surface area contributed by atoms with Crippen LogP contribution >= 0.6 is 11.9 Å². The van der Waals surface area contributed by atoms with Crippen molar-refractivity contribution in [2.24, 2.45) is 5.41 Å². The van der Waals surface area contributed by atoms with Gasteiger partial charge in [0, 0.05) is 40.7 Å². The molecule has 0 aromatic heterocycles. The molecule has 2 aliphatic carbocycles. The summed E-state index contributed by atoms with van der Waals surface area (Å²) in [7, 11) is -1.64. The molecular formula is C27H35N3O3S2. The summed E-state index contributed by atoms with van der Waals surface area (Å²) in [6.07, 6.45) is 9.38. The van der Waals surface area contributed by atoms with Crippen molar-refractivity contribution in [2.75, 3.05) is 22.4 Å². The molecule has 1 amide bonds. The van der Waals surface area contributed by atoms with E-state index >= 15 is 0 Å². The zero-order valence-corrected chi connectivity index (χ0v) is 22.6. The summed E-state index contributed by atoms with van der Waals surface area (Å²) >= 11 is 1.57. The van der Waals surface area contributed by atoms with E-state index in [2.05, 4.69) is 21.6 Å². The van der Waals surface area contributed by atoms with Crippen LogP contribution in [0.1, 0.15) is 75.2 Å². The Kier molecular flexibility index (Phi) is 6.21. The SMILES string of the molecule is CSNc1ccc2c(c1)C1(CCC3(CC3)CC1)CN2C(=O)c1ccc(O)c(S(=O)NC(C)(C)C)c1. The molecule has 2 saturated carbocycles. The van der Waals surface area contributed by atoms with Gasteiger partial charge in [-0.25, -0.2) is 8.93 Å². The lowest BCUT2D eigenvalue weighted by molar-refractivity contribution is 0.0980. The first kappa shape index (κ1) is 24.7. The van der Waals surface area contributed by atoms with Crippen molar-refractivity contribution in [1.82, 2.24) is 4.72 Å². The van der Waals surface area contributed by atoms with Crippen LogP contribution in [0.3, 0.4) is 0 Å². The lowest BCUT2D eigenvalue weighted by Crippen LogP contribution is -2.40. The Morgan fingerprint density at radius 1 is 1.06 bits per heavy atom. The number of carbonyl (C=O) groups is 1. The minimum Gasteiger partial charge on any atom is -0.507 e. The predicted octanol–water partition coefficient (Wildman–Crippen LogP) is 5.75. The fourth-order valence-corrected chi connectivity index (χ4v) is 7.20. The van der Waals surface area contributed by atoms with E-state index < -0.39 is 16.5 Å². The zero-order chi connectivity index (χ0) is 25.0. The van der Waals surface area contributed by atoms with Gasteiger partial charge in [-0.2, -0.15) is 0 Å². The highest BCUT2D eigenvalue weighted by Gasteiger charge is 2.53. The summed E-state index contributed by atoms with van der Waals surface area (Å²) in [6.45, 7) is 6.40. The summed E-state index contributed by atoms with van der Waals surface area (Å²) in [6, 6.07) is 11.0. The van der Waals surface area contributed by atoms with E-state index in [1.165, 1.54) is 37.3 Å². The number of nitrogens with one attached hydrogen (secondary N) is 2. The van der Waals surface area contributed by atoms with Gasteiger partial charge < -0.3 is 14.7 Å². The maximum Gasteiger partial charge on any atom is 0.258 e. The maximum absolute atomic E-state index is 13.9. The van der Waals surface area contributed by atoms with Gasteiger partial charge in [0.1, 0.15) is 16.7 Å². The first-order chi connectivity index (χ1) is 16.5. The molecule has 2 spiro atoms. The lowest BCUT2D eigenvalue weighted by Gasteiger charge is -2.38. The van der Waals surface area contributed by atoms with Gasteiger partial charge in [-0.15, -0.1) is 0 Å².